The number of anilines is 2. The van der Waals surface area contributed by atoms with Gasteiger partial charge in [0, 0.05) is 49.7 Å². The Morgan fingerprint density at radius 1 is 1.07 bits per heavy atom. The number of rotatable bonds is 8. The van der Waals surface area contributed by atoms with Crippen LogP contribution in [-0.2, 0) is 13.6 Å². The van der Waals surface area contributed by atoms with Crippen LogP contribution in [0, 0.1) is 11.3 Å². The Labute approximate surface area is 259 Å². The van der Waals surface area contributed by atoms with Crippen LogP contribution in [0.3, 0.4) is 0 Å². The first-order valence-corrected chi connectivity index (χ1v) is 14.8. The van der Waals surface area contributed by atoms with Crippen molar-refractivity contribution < 1.29 is 4.79 Å². The molecule has 1 saturated carbocycles. The smallest absolute Gasteiger partial charge is 0.322 e. The molecule has 6 rings (SSSR count). The van der Waals surface area contributed by atoms with Crippen LogP contribution in [0.2, 0.25) is 0 Å². The van der Waals surface area contributed by atoms with E-state index in [1.54, 1.807) is 42.7 Å². The van der Waals surface area contributed by atoms with Gasteiger partial charge in [0.05, 0.1) is 35.0 Å². The maximum atomic E-state index is 13.7. The number of pyridine rings is 2. The van der Waals surface area contributed by atoms with E-state index >= 15 is 0 Å². The number of nitrogens with one attached hydrogen (secondary N) is 3. The summed E-state index contributed by atoms with van der Waals surface area (Å²) in [6.07, 6.45) is 9.60. The molecule has 226 valence electrons. The zero-order valence-electron chi connectivity index (χ0n) is 24.7. The molecule has 0 saturated heterocycles. The van der Waals surface area contributed by atoms with Crippen LogP contribution in [0.5, 0.6) is 0 Å². The molecule has 0 aliphatic heterocycles. The minimum absolute atomic E-state index is 0.0575. The number of carbonyl (C=O) groups excluding carboxylic acids is 1. The predicted octanol–water partition coefficient (Wildman–Crippen LogP) is 4.64. The van der Waals surface area contributed by atoms with Gasteiger partial charge in [-0.1, -0.05) is 30.3 Å². The molecule has 4 aromatic heterocycles. The number of aryl methyl sites for hydroxylation is 1. The Morgan fingerprint density at radius 2 is 1.89 bits per heavy atom. The van der Waals surface area contributed by atoms with Crippen molar-refractivity contribution in [2.24, 2.45) is 7.05 Å². The van der Waals surface area contributed by atoms with Crippen LogP contribution < -0.4 is 21.1 Å². The van der Waals surface area contributed by atoms with Crippen molar-refractivity contribution in [3.63, 3.8) is 0 Å². The van der Waals surface area contributed by atoms with Crippen molar-refractivity contribution in [1.82, 2.24) is 35.0 Å². The van der Waals surface area contributed by atoms with Crippen LogP contribution in [0.1, 0.15) is 36.8 Å². The molecule has 0 spiro atoms. The molecule has 1 aliphatic carbocycles. The lowest BCUT2D eigenvalue weighted by Crippen LogP contribution is -2.48. The van der Waals surface area contributed by atoms with E-state index in [1.807, 2.05) is 48.5 Å². The molecule has 5 aromatic rings. The number of hydrogen-bond donors (Lipinski definition) is 3. The number of H-pyrrole nitrogens is 1. The van der Waals surface area contributed by atoms with Gasteiger partial charge in [-0.25, -0.2) is 14.8 Å². The second-order valence-corrected chi connectivity index (χ2v) is 11.0. The number of aromatic amines is 1. The highest BCUT2D eigenvalue weighted by atomic mass is 16.2. The van der Waals surface area contributed by atoms with E-state index in [1.165, 1.54) is 10.8 Å². The highest BCUT2D eigenvalue weighted by molar-refractivity contribution is 5.92. The van der Waals surface area contributed by atoms with Crippen molar-refractivity contribution >= 4 is 17.7 Å². The molecular formula is C33H32N10O2. The van der Waals surface area contributed by atoms with Crippen LogP contribution in [0.15, 0.2) is 90.2 Å². The molecule has 1 aromatic carbocycles. The van der Waals surface area contributed by atoms with Crippen molar-refractivity contribution in [2.45, 2.75) is 44.3 Å². The largest absolute Gasteiger partial charge is 0.351 e. The van der Waals surface area contributed by atoms with Crippen LogP contribution in [0.4, 0.5) is 16.4 Å². The normalized spacial score (nSPS) is 16.0. The fraction of sp³-hybridized carbons (Fsp3) is 0.242. The summed E-state index contributed by atoms with van der Waals surface area (Å²) in [5.74, 6) is 0.440. The maximum absolute atomic E-state index is 13.7. The Balaban J connectivity index is 1.18. The van der Waals surface area contributed by atoms with E-state index in [0.717, 1.165) is 36.8 Å². The molecule has 2 amide bonds. The number of nitrogens with zero attached hydrogens (tertiary/aromatic N) is 7. The van der Waals surface area contributed by atoms with Crippen LogP contribution in [0.25, 0.3) is 22.6 Å². The third kappa shape index (κ3) is 6.73. The summed E-state index contributed by atoms with van der Waals surface area (Å²) in [6.45, 7) is 0.403. The Bertz CT molecular complexity index is 1860. The second kappa shape index (κ2) is 13.2. The van der Waals surface area contributed by atoms with Gasteiger partial charge in [-0.2, -0.15) is 10.4 Å². The van der Waals surface area contributed by atoms with E-state index in [0.29, 0.717) is 40.8 Å². The molecule has 12 nitrogen and oxygen atoms in total. The first-order valence-electron chi connectivity index (χ1n) is 14.8. The monoisotopic (exact) mass is 600 g/mol. The lowest BCUT2D eigenvalue weighted by atomic mass is 9.90. The van der Waals surface area contributed by atoms with E-state index in [9.17, 15) is 14.9 Å². The van der Waals surface area contributed by atoms with Crippen molar-refractivity contribution in [3.8, 4) is 28.7 Å². The summed E-state index contributed by atoms with van der Waals surface area (Å²) in [4.78, 5) is 41.2. The first-order chi connectivity index (χ1) is 22.0. The average molecular weight is 601 g/mol. The van der Waals surface area contributed by atoms with Gasteiger partial charge in [0.15, 0.2) is 0 Å². The molecule has 4 heterocycles. The fourth-order valence-corrected chi connectivity index (χ4v) is 5.55. The summed E-state index contributed by atoms with van der Waals surface area (Å²) in [5.41, 5.74) is 4.46. The fourth-order valence-electron chi connectivity index (χ4n) is 5.55. The molecular weight excluding hydrogens is 568 g/mol. The standard InChI is InChI=1S/C33H32N10O2/c1-42-16-14-23(17-30(42)44)28-12-11-27(21-35-28)43(33(45)37-19-22-5-3-2-4-6-22)26-9-7-25(8-10-26)39-32-36-20-24(18-34)31(40-32)29-13-15-38-41-29/h2-6,11-17,20-21,25-26H,7-10,19H2,1H3,(H,37,45)(H,38,41)(H,36,39,40)/t25-,26-. The van der Waals surface area contributed by atoms with Gasteiger partial charge in [-0.15, -0.1) is 0 Å². The zero-order valence-corrected chi connectivity index (χ0v) is 24.7. The lowest BCUT2D eigenvalue weighted by molar-refractivity contribution is 0.240. The van der Waals surface area contributed by atoms with Gasteiger partial charge < -0.3 is 15.2 Å². The Morgan fingerprint density at radius 3 is 2.58 bits per heavy atom. The predicted molar refractivity (Wildman–Crippen MR) is 170 cm³/mol. The number of urea groups is 1. The second-order valence-electron chi connectivity index (χ2n) is 11.0. The van der Waals surface area contributed by atoms with E-state index in [2.05, 4.69) is 41.9 Å². The van der Waals surface area contributed by atoms with Gasteiger partial charge in [0.1, 0.15) is 11.8 Å². The minimum atomic E-state index is -0.196. The highest BCUT2D eigenvalue weighted by Crippen LogP contribution is 2.30. The zero-order chi connectivity index (χ0) is 31.2. The van der Waals surface area contributed by atoms with Crippen molar-refractivity contribution in [2.75, 3.05) is 10.2 Å². The Hall–Kier alpha value is -5.83. The van der Waals surface area contributed by atoms with Gasteiger partial charge in [0.2, 0.25) is 5.95 Å². The third-order valence-corrected chi connectivity index (χ3v) is 7.99. The van der Waals surface area contributed by atoms with Gasteiger partial charge in [-0.05, 0) is 55.5 Å². The van der Waals surface area contributed by atoms with E-state index in [-0.39, 0.29) is 23.7 Å². The summed E-state index contributed by atoms with van der Waals surface area (Å²) < 4.78 is 1.51. The maximum Gasteiger partial charge on any atom is 0.322 e. The number of aromatic nitrogens is 6. The number of nitriles is 1. The quantitative estimate of drug-likeness (QED) is 0.232. The van der Waals surface area contributed by atoms with Crippen molar-refractivity contribution in [1.29, 1.82) is 5.26 Å². The topological polar surface area (TPSA) is 158 Å². The number of hydrogen-bond acceptors (Lipinski definition) is 8. The first kappa shape index (κ1) is 29.3. The third-order valence-electron chi connectivity index (χ3n) is 7.99. The summed E-state index contributed by atoms with van der Waals surface area (Å²) in [5, 5.41) is 22.8. The molecule has 1 aliphatic rings. The molecule has 0 unspecified atom stereocenters. The molecule has 12 heteroatoms. The van der Waals surface area contributed by atoms with E-state index < -0.39 is 0 Å². The van der Waals surface area contributed by atoms with Gasteiger partial charge >= 0.3 is 6.03 Å². The number of benzene rings is 1. The highest BCUT2D eigenvalue weighted by Gasteiger charge is 2.31. The van der Waals surface area contributed by atoms with Crippen molar-refractivity contribution in [3.05, 3.63) is 107 Å². The van der Waals surface area contributed by atoms with Crippen LogP contribution in [-0.4, -0.2) is 47.8 Å². The number of carbonyl (C=O) groups is 1. The summed E-state index contributed by atoms with van der Waals surface area (Å²) in [6, 6.07) is 20.7. The molecule has 1 fully saturated rings. The number of amides is 2. The average Bonchev–Trinajstić information content (AvgIpc) is 3.62. The molecule has 0 bridgehead atoms. The summed E-state index contributed by atoms with van der Waals surface area (Å²) in [7, 11) is 1.70. The summed E-state index contributed by atoms with van der Waals surface area (Å²) >= 11 is 0. The molecule has 0 atom stereocenters. The lowest BCUT2D eigenvalue weighted by Gasteiger charge is -2.37. The Kier molecular flexibility index (Phi) is 8.59. The minimum Gasteiger partial charge on any atom is -0.351 e. The van der Waals surface area contributed by atoms with Gasteiger partial charge in [0.25, 0.3) is 5.56 Å². The molecule has 3 N–H and O–H groups in total. The van der Waals surface area contributed by atoms with Crippen LogP contribution >= 0.6 is 0 Å². The van der Waals surface area contributed by atoms with E-state index in [4.69, 9.17) is 0 Å². The molecule has 0 radical (unpaired) electrons. The SMILES string of the molecule is Cn1ccc(-c2ccc(N(C(=O)NCc3ccccc3)[C@H]3CC[C@H](Nc4ncc(C#N)c(-c5ccn[nH]5)n4)CC3)cn2)cc1=O. The van der Waals surface area contributed by atoms with Gasteiger partial charge in [-0.3, -0.25) is 19.8 Å². The molecule has 45 heavy (non-hydrogen) atoms.